The van der Waals surface area contributed by atoms with Crippen LogP contribution in [0.1, 0.15) is 18.0 Å². The van der Waals surface area contributed by atoms with E-state index in [0.717, 1.165) is 17.7 Å². The molecule has 2 N–H and O–H groups in total. The van der Waals surface area contributed by atoms with Gasteiger partial charge in [0.15, 0.2) is 0 Å². The van der Waals surface area contributed by atoms with Crippen molar-refractivity contribution in [1.82, 2.24) is 5.32 Å². The molecule has 0 amide bonds. The van der Waals surface area contributed by atoms with Gasteiger partial charge in [0.25, 0.3) is 0 Å². The van der Waals surface area contributed by atoms with Crippen LogP contribution < -0.4 is 10.1 Å². The highest BCUT2D eigenvalue weighted by atomic mass is 16.5. The first-order chi connectivity index (χ1) is 10.3. The summed E-state index contributed by atoms with van der Waals surface area (Å²) in [7, 11) is 0. The summed E-state index contributed by atoms with van der Waals surface area (Å²) < 4.78 is 5.57. The first-order valence-corrected chi connectivity index (χ1v) is 6.96. The fourth-order valence-electron chi connectivity index (χ4n) is 2.02. The van der Waals surface area contributed by atoms with E-state index in [1.165, 1.54) is 0 Å². The van der Waals surface area contributed by atoms with Crippen LogP contribution in [0, 0.1) is 0 Å². The second kappa shape index (κ2) is 8.07. The van der Waals surface area contributed by atoms with Crippen molar-refractivity contribution in [3.8, 4) is 5.75 Å². The van der Waals surface area contributed by atoms with E-state index < -0.39 is 12.0 Å². The van der Waals surface area contributed by atoms with Crippen LogP contribution in [0.25, 0.3) is 0 Å². The highest BCUT2D eigenvalue weighted by molar-refractivity contribution is 5.75. The Morgan fingerprint density at radius 1 is 1.05 bits per heavy atom. The van der Waals surface area contributed by atoms with Gasteiger partial charge in [-0.2, -0.15) is 0 Å². The molecule has 0 spiro atoms. The molecule has 0 fully saturated rings. The zero-order valence-electron chi connectivity index (χ0n) is 11.7. The maximum atomic E-state index is 11.3. The lowest BCUT2D eigenvalue weighted by molar-refractivity contribution is -0.139. The molecule has 0 saturated carbocycles. The summed E-state index contributed by atoms with van der Waals surface area (Å²) in [6.07, 6.45) is 0.742. The molecule has 0 aromatic heterocycles. The zero-order chi connectivity index (χ0) is 14.9. The SMILES string of the molecule is O=C(O)C(NCCCOc1ccccc1)c1ccccc1. The molecule has 4 nitrogen and oxygen atoms in total. The lowest BCUT2D eigenvalue weighted by atomic mass is 10.1. The second-order valence-corrected chi connectivity index (χ2v) is 4.65. The van der Waals surface area contributed by atoms with Gasteiger partial charge in [0.2, 0.25) is 0 Å². The Bertz CT molecular complexity index is 542. The summed E-state index contributed by atoms with van der Waals surface area (Å²) in [6.45, 7) is 1.14. The molecule has 0 heterocycles. The normalized spacial score (nSPS) is 11.8. The third-order valence-corrected chi connectivity index (χ3v) is 3.06. The highest BCUT2D eigenvalue weighted by Crippen LogP contribution is 2.12. The zero-order valence-corrected chi connectivity index (χ0v) is 11.7. The van der Waals surface area contributed by atoms with Crippen molar-refractivity contribution in [2.45, 2.75) is 12.5 Å². The average Bonchev–Trinajstić information content (AvgIpc) is 2.52. The molecule has 0 aliphatic heterocycles. The van der Waals surface area contributed by atoms with Gasteiger partial charge < -0.3 is 15.2 Å². The Labute approximate surface area is 124 Å². The van der Waals surface area contributed by atoms with Crippen LogP contribution in [-0.2, 0) is 4.79 Å². The van der Waals surface area contributed by atoms with E-state index in [1.807, 2.05) is 60.7 Å². The summed E-state index contributed by atoms with van der Waals surface area (Å²) in [6, 6.07) is 18.1. The highest BCUT2D eigenvalue weighted by Gasteiger charge is 2.17. The maximum Gasteiger partial charge on any atom is 0.325 e. The summed E-state index contributed by atoms with van der Waals surface area (Å²) in [5, 5.41) is 12.3. The van der Waals surface area contributed by atoms with Crippen molar-refractivity contribution in [3.63, 3.8) is 0 Å². The predicted octanol–water partition coefficient (Wildman–Crippen LogP) is 2.87. The maximum absolute atomic E-state index is 11.3. The summed E-state index contributed by atoms with van der Waals surface area (Å²) in [5.74, 6) is -0.0412. The van der Waals surface area contributed by atoms with Crippen LogP contribution in [-0.4, -0.2) is 24.2 Å². The molecule has 0 aliphatic carbocycles. The molecule has 2 aromatic rings. The number of benzene rings is 2. The molecule has 2 aromatic carbocycles. The number of carboxylic acid groups (broad SMARTS) is 1. The number of aliphatic carboxylic acids is 1. The van der Waals surface area contributed by atoms with Crippen LogP contribution in [0.2, 0.25) is 0 Å². The molecule has 4 heteroatoms. The number of carboxylic acids is 1. The number of hydrogen-bond acceptors (Lipinski definition) is 3. The first-order valence-electron chi connectivity index (χ1n) is 6.96. The summed E-state index contributed by atoms with van der Waals surface area (Å²) >= 11 is 0. The lowest BCUT2D eigenvalue weighted by Gasteiger charge is -2.15. The molecular weight excluding hydrogens is 266 g/mol. The van der Waals surface area contributed by atoms with E-state index in [0.29, 0.717) is 13.2 Å². The molecule has 0 bridgehead atoms. The quantitative estimate of drug-likeness (QED) is 0.732. The second-order valence-electron chi connectivity index (χ2n) is 4.65. The molecule has 21 heavy (non-hydrogen) atoms. The van der Waals surface area contributed by atoms with Gasteiger partial charge in [0.05, 0.1) is 6.61 Å². The number of carbonyl (C=O) groups is 1. The van der Waals surface area contributed by atoms with Crippen LogP contribution >= 0.6 is 0 Å². The van der Waals surface area contributed by atoms with E-state index in [-0.39, 0.29) is 0 Å². The minimum atomic E-state index is -0.870. The number of rotatable bonds is 8. The van der Waals surface area contributed by atoms with Gasteiger partial charge in [-0.1, -0.05) is 48.5 Å². The van der Waals surface area contributed by atoms with Gasteiger partial charge in [0.1, 0.15) is 11.8 Å². The lowest BCUT2D eigenvalue weighted by Crippen LogP contribution is -2.29. The minimum Gasteiger partial charge on any atom is -0.494 e. The van der Waals surface area contributed by atoms with Gasteiger partial charge in [-0.3, -0.25) is 4.79 Å². The Balaban J connectivity index is 1.74. The molecule has 2 rings (SSSR count). The average molecular weight is 285 g/mol. The number of nitrogens with one attached hydrogen (secondary N) is 1. The summed E-state index contributed by atoms with van der Waals surface area (Å²) in [5.41, 5.74) is 0.758. The standard InChI is InChI=1S/C17H19NO3/c19-17(20)16(14-8-3-1-4-9-14)18-12-7-13-21-15-10-5-2-6-11-15/h1-6,8-11,16,18H,7,12-13H2,(H,19,20). The van der Waals surface area contributed by atoms with Gasteiger partial charge in [0, 0.05) is 0 Å². The van der Waals surface area contributed by atoms with Crippen molar-refractivity contribution in [3.05, 3.63) is 66.2 Å². The van der Waals surface area contributed by atoms with Crippen molar-refractivity contribution in [1.29, 1.82) is 0 Å². The van der Waals surface area contributed by atoms with Crippen molar-refractivity contribution in [2.75, 3.05) is 13.2 Å². The fourth-order valence-corrected chi connectivity index (χ4v) is 2.02. The molecule has 0 saturated heterocycles. The van der Waals surface area contributed by atoms with Gasteiger partial charge in [-0.05, 0) is 30.7 Å². The first kappa shape index (κ1) is 15.1. The van der Waals surface area contributed by atoms with Crippen LogP contribution in [0.3, 0.4) is 0 Å². The summed E-state index contributed by atoms with van der Waals surface area (Å²) in [4.78, 5) is 11.3. The fraction of sp³-hybridized carbons (Fsp3) is 0.235. The molecule has 110 valence electrons. The Morgan fingerprint density at radius 2 is 1.67 bits per heavy atom. The van der Waals surface area contributed by atoms with Crippen molar-refractivity contribution < 1.29 is 14.6 Å². The topological polar surface area (TPSA) is 58.6 Å². The smallest absolute Gasteiger partial charge is 0.325 e. The van der Waals surface area contributed by atoms with Crippen molar-refractivity contribution >= 4 is 5.97 Å². The van der Waals surface area contributed by atoms with Crippen LogP contribution in [0.4, 0.5) is 0 Å². The van der Waals surface area contributed by atoms with Gasteiger partial charge in [-0.15, -0.1) is 0 Å². The molecule has 1 unspecified atom stereocenters. The van der Waals surface area contributed by atoms with E-state index in [4.69, 9.17) is 4.74 Å². The number of hydrogen-bond donors (Lipinski definition) is 2. The minimum absolute atomic E-state index is 0.554. The number of para-hydroxylation sites is 1. The Hall–Kier alpha value is -2.33. The Morgan fingerprint density at radius 3 is 2.29 bits per heavy atom. The predicted molar refractivity (Wildman–Crippen MR) is 81.4 cm³/mol. The van der Waals surface area contributed by atoms with E-state index in [2.05, 4.69) is 5.32 Å². The molecular formula is C17H19NO3. The monoisotopic (exact) mass is 285 g/mol. The third-order valence-electron chi connectivity index (χ3n) is 3.06. The van der Waals surface area contributed by atoms with E-state index in [1.54, 1.807) is 0 Å². The van der Waals surface area contributed by atoms with Gasteiger partial charge in [-0.25, -0.2) is 0 Å². The number of ether oxygens (including phenoxy) is 1. The third kappa shape index (κ3) is 4.93. The van der Waals surface area contributed by atoms with E-state index >= 15 is 0 Å². The van der Waals surface area contributed by atoms with Crippen molar-refractivity contribution in [2.24, 2.45) is 0 Å². The molecule has 0 radical (unpaired) electrons. The molecule has 1 atom stereocenters. The molecule has 0 aliphatic rings. The Kier molecular flexibility index (Phi) is 5.79. The van der Waals surface area contributed by atoms with Crippen LogP contribution in [0.15, 0.2) is 60.7 Å². The van der Waals surface area contributed by atoms with Gasteiger partial charge >= 0.3 is 5.97 Å². The van der Waals surface area contributed by atoms with Crippen LogP contribution in [0.5, 0.6) is 5.75 Å². The van der Waals surface area contributed by atoms with E-state index in [9.17, 15) is 9.90 Å². The largest absolute Gasteiger partial charge is 0.494 e.